The van der Waals surface area contributed by atoms with Gasteiger partial charge in [-0.1, -0.05) is 11.6 Å². The van der Waals surface area contributed by atoms with Gasteiger partial charge in [0.1, 0.15) is 0 Å². The molecule has 1 atom stereocenters. The molecule has 5 heteroatoms. The maximum absolute atomic E-state index is 5.54. The summed E-state index contributed by atoms with van der Waals surface area (Å²) in [5, 5.41) is 1.49. The first-order chi connectivity index (χ1) is 4.10. The monoisotopic (exact) mass is 209 g/mol. The van der Waals surface area contributed by atoms with Gasteiger partial charge < -0.3 is 5.32 Å². The number of aliphatic imine (C=N–C) groups is 1. The summed E-state index contributed by atoms with van der Waals surface area (Å²) < 4.78 is 0.823. The number of rotatable bonds is 0. The molecule has 50 valence electrons. The summed E-state index contributed by atoms with van der Waals surface area (Å²) in [7, 11) is 0. The first kappa shape index (κ1) is 7.05. The lowest BCUT2D eigenvalue weighted by molar-refractivity contribution is 0.564. The van der Waals surface area contributed by atoms with Gasteiger partial charge in [0.15, 0.2) is 0 Å². The molecule has 0 fully saturated rings. The third kappa shape index (κ3) is 1.97. The molecule has 1 rings (SSSR count). The van der Waals surface area contributed by atoms with Gasteiger partial charge in [-0.15, -0.1) is 0 Å². The fourth-order valence-electron chi connectivity index (χ4n) is 0.400. The number of hydrogen-bond acceptors (Lipinski definition) is 3. The lowest BCUT2D eigenvalue weighted by Crippen LogP contribution is -2.45. The molecule has 0 aromatic carbocycles. The summed E-state index contributed by atoms with van der Waals surface area (Å²) in [6.07, 6.45) is 3.18. The molecule has 1 aliphatic rings. The zero-order chi connectivity index (χ0) is 6.91. The first-order valence-electron chi connectivity index (χ1n) is 2.26. The lowest BCUT2D eigenvalue weighted by Gasteiger charge is -2.19. The van der Waals surface area contributed by atoms with Gasteiger partial charge in [0.2, 0.25) is 0 Å². The van der Waals surface area contributed by atoms with Gasteiger partial charge in [0.05, 0.1) is 4.48 Å². The van der Waals surface area contributed by atoms with Crippen LogP contribution in [-0.4, -0.2) is 11.5 Å². The topological polar surface area (TPSA) is 50.4 Å². The second kappa shape index (κ2) is 2.28. The Morgan fingerprint density at radius 2 is 2.56 bits per heavy atom. The summed E-state index contributed by atoms with van der Waals surface area (Å²) in [5.41, 5.74) is 5.33. The Hall–Kier alpha value is -0.0600. The van der Waals surface area contributed by atoms with E-state index in [1.54, 1.807) is 12.4 Å². The van der Waals surface area contributed by atoms with E-state index in [0.717, 1.165) is 4.48 Å². The zero-order valence-electron chi connectivity index (χ0n) is 4.44. The average Bonchev–Trinajstić information content (AvgIpc) is 1.78. The Kier molecular flexibility index (Phi) is 1.79. The summed E-state index contributed by atoms with van der Waals surface area (Å²) in [4.78, 5) is 3.73. The molecular weight excluding hydrogens is 205 g/mol. The van der Waals surface area contributed by atoms with E-state index in [1.807, 2.05) is 0 Å². The highest BCUT2D eigenvalue weighted by Crippen LogP contribution is 2.12. The van der Waals surface area contributed by atoms with E-state index < -0.39 is 5.25 Å². The smallest absolute Gasteiger partial charge is 0.262 e. The summed E-state index contributed by atoms with van der Waals surface area (Å²) >= 11 is 8.72. The summed E-state index contributed by atoms with van der Waals surface area (Å²) in [5.74, 6) is 0. The lowest BCUT2D eigenvalue weighted by atomic mass is 10.6. The normalized spacial score (nSPS) is 33.4. The number of hydrogen-bond donors (Lipinski definition) is 2. The standard InChI is InChI=1S/C4H5BrClN3/c5-3-1-8-4(6,7)9-2-3/h1-2,8H,7H2. The van der Waals surface area contributed by atoms with Gasteiger partial charge in [0, 0.05) is 12.4 Å². The van der Waals surface area contributed by atoms with Crippen molar-refractivity contribution >= 4 is 33.7 Å². The van der Waals surface area contributed by atoms with Crippen molar-refractivity contribution in [2.45, 2.75) is 5.25 Å². The fourth-order valence-corrected chi connectivity index (χ4v) is 0.720. The maximum Gasteiger partial charge on any atom is 0.262 e. The second-order valence-electron chi connectivity index (χ2n) is 1.61. The van der Waals surface area contributed by atoms with E-state index in [4.69, 9.17) is 17.3 Å². The molecule has 1 unspecified atom stereocenters. The summed E-state index contributed by atoms with van der Waals surface area (Å²) in [6, 6.07) is 0. The van der Waals surface area contributed by atoms with Crippen molar-refractivity contribution in [3.05, 3.63) is 10.7 Å². The predicted molar refractivity (Wildman–Crippen MR) is 41.4 cm³/mol. The van der Waals surface area contributed by atoms with Crippen LogP contribution in [0, 0.1) is 0 Å². The van der Waals surface area contributed by atoms with E-state index in [0.29, 0.717) is 0 Å². The Morgan fingerprint density at radius 3 is 2.89 bits per heavy atom. The largest absolute Gasteiger partial charge is 0.341 e. The molecule has 0 saturated heterocycles. The van der Waals surface area contributed by atoms with E-state index >= 15 is 0 Å². The molecule has 0 aromatic heterocycles. The van der Waals surface area contributed by atoms with E-state index in [9.17, 15) is 0 Å². The number of halogens is 2. The third-order valence-electron chi connectivity index (χ3n) is 0.788. The minimum Gasteiger partial charge on any atom is -0.341 e. The highest BCUT2D eigenvalue weighted by molar-refractivity contribution is 9.12. The highest BCUT2D eigenvalue weighted by Gasteiger charge is 2.18. The van der Waals surface area contributed by atoms with Crippen LogP contribution in [0.1, 0.15) is 0 Å². The molecule has 9 heavy (non-hydrogen) atoms. The minimum absolute atomic E-state index is 0.823. The predicted octanol–water partition coefficient (Wildman–Crippen LogP) is 0.706. The van der Waals surface area contributed by atoms with Crippen molar-refractivity contribution in [2.24, 2.45) is 10.7 Å². The number of nitrogens with one attached hydrogen (secondary N) is 1. The van der Waals surface area contributed by atoms with Crippen LogP contribution in [-0.2, 0) is 0 Å². The highest BCUT2D eigenvalue weighted by atomic mass is 79.9. The molecule has 0 aliphatic carbocycles. The Bertz CT molecular complexity index is 175. The van der Waals surface area contributed by atoms with Crippen molar-refractivity contribution in [3.8, 4) is 0 Å². The molecule has 0 radical (unpaired) electrons. The van der Waals surface area contributed by atoms with E-state index in [1.165, 1.54) is 0 Å². The van der Waals surface area contributed by atoms with Crippen LogP contribution in [0.15, 0.2) is 15.7 Å². The van der Waals surface area contributed by atoms with Crippen molar-refractivity contribution < 1.29 is 0 Å². The molecule has 1 aliphatic heterocycles. The maximum atomic E-state index is 5.54. The third-order valence-corrected chi connectivity index (χ3v) is 1.43. The number of alkyl halides is 1. The van der Waals surface area contributed by atoms with Crippen LogP contribution in [0.25, 0.3) is 0 Å². The van der Waals surface area contributed by atoms with Crippen molar-refractivity contribution in [1.29, 1.82) is 0 Å². The van der Waals surface area contributed by atoms with Gasteiger partial charge in [0.25, 0.3) is 5.25 Å². The fraction of sp³-hybridized carbons (Fsp3) is 0.250. The van der Waals surface area contributed by atoms with Crippen molar-refractivity contribution in [1.82, 2.24) is 5.32 Å². The molecule has 1 heterocycles. The molecule has 0 aromatic rings. The van der Waals surface area contributed by atoms with Crippen LogP contribution in [0.4, 0.5) is 0 Å². The van der Waals surface area contributed by atoms with Gasteiger partial charge >= 0.3 is 0 Å². The van der Waals surface area contributed by atoms with Crippen LogP contribution in [0.5, 0.6) is 0 Å². The van der Waals surface area contributed by atoms with Gasteiger partial charge in [-0.3, -0.25) is 5.73 Å². The number of nitrogens with two attached hydrogens (primary N) is 1. The molecule has 0 bridgehead atoms. The zero-order valence-corrected chi connectivity index (χ0v) is 6.78. The van der Waals surface area contributed by atoms with E-state index in [-0.39, 0.29) is 0 Å². The quantitative estimate of drug-likeness (QED) is 0.457. The Labute approximate surface area is 66.1 Å². The van der Waals surface area contributed by atoms with Crippen LogP contribution < -0.4 is 11.1 Å². The molecule has 0 spiro atoms. The number of allylic oxidation sites excluding steroid dienone is 1. The van der Waals surface area contributed by atoms with Gasteiger partial charge in [-0.05, 0) is 15.9 Å². The van der Waals surface area contributed by atoms with Gasteiger partial charge in [-0.25, -0.2) is 4.99 Å². The Morgan fingerprint density at radius 1 is 1.89 bits per heavy atom. The molecular formula is C4H5BrClN3. The van der Waals surface area contributed by atoms with E-state index in [2.05, 4.69) is 26.2 Å². The van der Waals surface area contributed by atoms with Crippen LogP contribution >= 0.6 is 27.5 Å². The molecule has 3 N–H and O–H groups in total. The SMILES string of the molecule is NC1(Cl)N=CC(Br)=CN1. The molecule has 0 saturated carbocycles. The Balaban J connectivity index is 2.70. The minimum atomic E-state index is -1.16. The second-order valence-corrected chi connectivity index (χ2v) is 3.10. The van der Waals surface area contributed by atoms with Gasteiger partial charge in [-0.2, -0.15) is 0 Å². The first-order valence-corrected chi connectivity index (χ1v) is 3.44. The van der Waals surface area contributed by atoms with Crippen molar-refractivity contribution in [2.75, 3.05) is 0 Å². The van der Waals surface area contributed by atoms with Crippen LogP contribution in [0.3, 0.4) is 0 Å². The summed E-state index contributed by atoms with van der Waals surface area (Å²) in [6.45, 7) is 0. The number of nitrogens with zero attached hydrogens (tertiary/aromatic N) is 1. The average molecular weight is 210 g/mol. The molecule has 0 amide bonds. The molecule has 3 nitrogen and oxygen atoms in total. The van der Waals surface area contributed by atoms with Crippen molar-refractivity contribution in [3.63, 3.8) is 0 Å². The van der Waals surface area contributed by atoms with Crippen LogP contribution in [0.2, 0.25) is 0 Å².